The molecule has 9 nitrogen and oxygen atoms in total. The summed E-state index contributed by atoms with van der Waals surface area (Å²) in [6, 6.07) is -0.659. The lowest BCUT2D eigenvalue weighted by Crippen LogP contribution is -2.57. The van der Waals surface area contributed by atoms with Gasteiger partial charge in [0.15, 0.2) is 0 Å². The van der Waals surface area contributed by atoms with Gasteiger partial charge in [-0.25, -0.2) is 4.79 Å². The van der Waals surface area contributed by atoms with Crippen molar-refractivity contribution in [2.24, 2.45) is 5.92 Å². The van der Waals surface area contributed by atoms with E-state index in [0.717, 1.165) is 19.5 Å². The second-order valence-corrected chi connectivity index (χ2v) is 9.26. The molecule has 0 aliphatic carbocycles. The molecular formula is C22H37N5O4. The Balaban J connectivity index is 1.64. The summed E-state index contributed by atoms with van der Waals surface area (Å²) in [5.74, 6) is -0.146. The minimum absolute atomic E-state index is 0.0515. The maximum atomic E-state index is 13.4. The molecule has 3 saturated heterocycles. The lowest BCUT2D eigenvalue weighted by molar-refractivity contribution is -0.142. The number of nitrogens with one attached hydrogen (secondary N) is 1. The van der Waals surface area contributed by atoms with Crippen molar-refractivity contribution in [3.05, 3.63) is 0 Å². The van der Waals surface area contributed by atoms with Crippen molar-refractivity contribution in [2.45, 2.75) is 65.0 Å². The van der Waals surface area contributed by atoms with Gasteiger partial charge in [-0.15, -0.1) is 0 Å². The molecule has 0 saturated carbocycles. The monoisotopic (exact) mass is 435 g/mol. The van der Waals surface area contributed by atoms with E-state index in [1.165, 1.54) is 4.90 Å². The van der Waals surface area contributed by atoms with Gasteiger partial charge in [-0.1, -0.05) is 27.7 Å². The van der Waals surface area contributed by atoms with E-state index < -0.39 is 5.54 Å². The normalized spacial score (nSPS) is 23.8. The number of likely N-dealkylation sites (N-methyl/N-ethyl adjacent to an activating group) is 1. The van der Waals surface area contributed by atoms with Gasteiger partial charge in [0.05, 0.1) is 12.6 Å². The molecule has 0 aromatic carbocycles. The molecule has 0 radical (unpaired) electrons. The van der Waals surface area contributed by atoms with Crippen molar-refractivity contribution >= 4 is 23.8 Å². The highest BCUT2D eigenvalue weighted by atomic mass is 16.2. The van der Waals surface area contributed by atoms with Crippen molar-refractivity contribution in [1.82, 2.24) is 24.9 Å². The zero-order valence-electron chi connectivity index (χ0n) is 19.4. The summed E-state index contributed by atoms with van der Waals surface area (Å²) in [4.78, 5) is 58.2. The Morgan fingerprint density at radius 2 is 1.74 bits per heavy atom. The lowest BCUT2D eigenvalue weighted by atomic mass is 9.86. The Kier molecular flexibility index (Phi) is 7.24. The Bertz CT molecular complexity index is 713. The summed E-state index contributed by atoms with van der Waals surface area (Å²) in [7, 11) is 0. The Labute approximate surface area is 185 Å². The van der Waals surface area contributed by atoms with Gasteiger partial charge in [-0.3, -0.25) is 24.2 Å². The fourth-order valence-electron chi connectivity index (χ4n) is 4.92. The molecule has 3 aliphatic heterocycles. The van der Waals surface area contributed by atoms with Crippen LogP contribution in [0.15, 0.2) is 0 Å². The fourth-order valence-corrected chi connectivity index (χ4v) is 4.92. The Morgan fingerprint density at radius 1 is 1.10 bits per heavy atom. The fraction of sp³-hybridized carbons (Fsp3) is 0.818. The van der Waals surface area contributed by atoms with Crippen LogP contribution in [0.4, 0.5) is 4.79 Å². The van der Waals surface area contributed by atoms with Crippen LogP contribution in [0.1, 0.15) is 53.4 Å². The molecule has 174 valence electrons. The summed E-state index contributed by atoms with van der Waals surface area (Å²) >= 11 is 0. The molecule has 0 aromatic rings. The van der Waals surface area contributed by atoms with Crippen LogP contribution in [0.3, 0.4) is 0 Å². The number of carbonyl (C=O) groups is 4. The van der Waals surface area contributed by atoms with Crippen LogP contribution in [-0.4, -0.2) is 101 Å². The highest BCUT2D eigenvalue weighted by Crippen LogP contribution is 2.32. The maximum Gasteiger partial charge on any atom is 0.325 e. The Morgan fingerprint density at radius 3 is 2.32 bits per heavy atom. The van der Waals surface area contributed by atoms with Crippen molar-refractivity contribution in [3.63, 3.8) is 0 Å². The lowest BCUT2D eigenvalue weighted by Gasteiger charge is -2.39. The number of hydrogen-bond donors (Lipinski definition) is 1. The second-order valence-electron chi connectivity index (χ2n) is 9.26. The first-order valence-corrected chi connectivity index (χ1v) is 11.7. The van der Waals surface area contributed by atoms with Crippen LogP contribution in [0.5, 0.6) is 0 Å². The molecule has 0 unspecified atom stereocenters. The summed E-state index contributed by atoms with van der Waals surface area (Å²) in [6.07, 6.45) is 2.35. The molecule has 3 rings (SSSR count). The molecule has 3 fully saturated rings. The number of amides is 5. The van der Waals surface area contributed by atoms with Crippen LogP contribution >= 0.6 is 0 Å². The van der Waals surface area contributed by atoms with Crippen LogP contribution in [-0.2, 0) is 14.4 Å². The third-order valence-electron chi connectivity index (χ3n) is 6.98. The van der Waals surface area contributed by atoms with Gasteiger partial charge in [0, 0.05) is 32.1 Å². The molecule has 9 heteroatoms. The van der Waals surface area contributed by atoms with Crippen LogP contribution in [0, 0.1) is 5.92 Å². The molecule has 5 amide bonds. The highest BCUT2D eigenvalue weighted by Gasteiger charge is 2.55. The molecule has 3 heterocycles. The molecule has 31 heavy (non-hydrogen) atoms. The number of carbonyl (C=O) groups excluding carboxylic acids is 4. The van der Waals surface area contributed by atoms with E-state index in [2.05, 4.69) is 10.2 Å². The van der Waals surface area contributed by atoms with Gasteiger partial charge < -0.3 is 15.1 Å². The van der Waals surface area contributed by atoms with Gasteiger partial charge in [0.2, 0.25) is 11.8 Å². The van der Waals surface area contributed by atoms with E-state index in [9.17, 15) is 19.2 Å². The van der Waals surface area contributed by atoms with Crippen molar-refractivity contribution in [1.29, 1.82) is 0 Å². The molecule has 1 N–H and O–H groups in total. The highest BCUT2D eigenvalue weighted by molar-refractivity contribution is 6.07. The zero-order chi connectivity index (χ0) is 22.8. The maximum absolute atomic E-state index is 13.4. The predicted octanol–water partition coefficient (Wildman–Crippen LogP) is 0.888. The molecule has 1 spiro atoms. The standard InChI is InChI=1S/C22H37N5O4/c1-5-24(6-2)15-18(28)26-11-7-8-17(14-26)27-20(30)22(23-21(27)31)9-12-25(13-10-22)19(29)16(3)4/h16-17H,5-15H2,1-4H3,(H,23,31)/t17-/m0/s1. The smallest absolute Gasteiger partial charge is 0.325 e. The van der Waals surface area contributed by atoms with E-state index in [1.54, 1.807) is 9.80 Å². The molecule has 0 bridgehead atoms. The van der Waals surface area contributed by atoms with Crippen molar-refractivity contribution < 1.29 is 19.2 Å². The average Bonchev–Trinajstić information content (AvgIpc) is 3.00. The van der Waals surface area contributed by atoms with Gasteiger partial charge in [0.25, 0.3) is 5.91 Å². The quantitative estimate of drug-likeness (QED) is 0.626. The van der Waals surface area contributed by atoms with E-state index in [1.807, 2.05) is 27.7 Å². The van der Waals surface area contributed by atoms with E-state index in [0.29, 0.717) is 52.0 Å². The van der Waals surface area contributed by atoms with Gasteiger partial charge in [0.1, 0.15) is 5.54 Å². The molecule has 0 aromatic heterocycles. The number of imide groups is 1. The SMILES string of the molecule is CCN(CC)CC(=O)N1CCC[C@H](N2C(=O)NC3(CCN(C(=O)C(C)C)CC3)C2=O)C1. The van der Waals surface area contributed by atoms with E-state index in [4.69, 9.17) is 0 Å². The predicted molar refractivity (Wildman–Crippen MR) is 116 cm³/mol. The minimum atomic E-state index is -0.918. The van der Waals surface area contributed by atoms with Gasteiger partial charge in [-0.05, 0) is 38.8 Å². The third kappa shape index (κ3) is 4.71. The average molecular weight is 436 g/mol. The van der Waals surface area contributed by atoms with Crippen molar-refractivity contribution in [2.75, 3.05) is 45.8 Å². The summed E-state index contributed by atoms with van der Waals surface area (Å²) < 4.78 is 0. The van der Waals surface area contributed by atoms with Crippen LogP contribution < -0.4 is 5.32 Å². The number of hydrogen-bond acceptors (Lipinski definition) is 5. The molecule has 3 aliphatic rings. The van der Waals surface area contributed by atoms with Crippen molar-refractivity contribution in [3.8, 4) is 0 Å². The van der Waals surface area contributed by atoms with Gasteiger partial charge in [-0.2, -0.15) is 0 Å². The first-order valence-electron chi connectivity index (χ1n) is 11.7. The largest absolute Gasteiger partial charge is 0.342 e. The zero-order valence-corrected chi connectivity index (χ0v) is 19.4. The van der Waals surface area contributed by atoms with Crippen LogP contribution in [0.2, 0.25) is 0 Å². The minimum Gasteiger partial charge on any atom is -0.342 e. The molecule has 1 atom stereocenters. The van der Waals surface area contributed by atoms with E-state index in [-0.39, 0.29) is 35.7 Å². The first kappa shape index (κ1) is 23.5. The molecular weight excluding hydrogens is 398 g/mol. The third-order valence-corrected chi connectivity index (χ3v) is 6.98. The summed E-state index contributed by atoms with van der Waals surface area (Å²) in [6.45, 7) is 11.8. The van der Waals surface area contributed by atoms with E-state index >= 15 is 0 Å². The van der Waals surface area contributed by atoms with Crippen LogP contribution in [0.25, 0.3) is 0 Å². The second kappa shape index (κ2) is 9.54. The number of nitrogens with zero attached hydrogens (tertiary/aromatic N) is 4. The number of likely N-dealkylation sites (tertiary alicyclic amines) is 2. The van der Waals surface area contributed by atoms with Gasteiger partial charge >= 0.3 is 6.03 Å². The number of urea groups is 1. The topological polar surface area (TPSA) is 93.3 Å². The summed E-state index contributed by atoms with van der Waals surface area (Å²) in [5, 5.41) is 2.94. The number of piperidine rings is 2. The summed E-state index contributed by atoms with van der Waals surface area (Å²) in [5.41, 5.74) is -0.918. The Hall–Kier alpha value is -2.16. The first-order chi connectivity index (χ1) is 14.7. The number of rotatable bonds is 6.